The number of Topliss-reactive ketones (excluding diaryl/α,β-unsaturated/α-hetero) is 2. The first-order valence-corrected chi connectivity index (χ1v) is 8.86. The number of carbonyl (C=O) groups excluding carboxylic acids is 2. The largest absolute Gasteiger partial charge is 0.293 e. The van der Waals surface area contributed by atoms with Crippen molar-refractivity contribution < 1.29 is 9.59 Å². The molecule has 128 valence electrons. The van der Waals surface area contributed by atoms with E-state index in [0.717, 1.165) is 22.0 Å². The molecular formula is C24H15NO2. The summed E-state index contributed by atoms with van der Waals surface area (Å²) >= 11 is 0. The van der Waals surface area contributed by atoms with E-state index in [0.29, 0.717) is 16.8 Å². The number of para-hydroxylation sites is 1. The van der Waals surface area contributed by atoms with Crippen LogP contribution in [0.1, 0.15) is 32.3 Å². The van der Waals surface area contributed by atoms with Crippen LogP contribution in [0, 0.1) is 0 Å². The van der Waals surface area contributed by atoms with Crippen LogP contribution in [0.5, 0.6) is 0 Å². The molecule has 0 N–H and O–H groups in total. The SMILES string of the molecule is O=C1c2ccccc2-c2ccccc2C(=O)C1c1ccc2ccccc2n1. The van der Waals surface area contributed by atoms with Crippen molar-refractivity contribution in [1.82, 2.24) is 4.98 Å². The van der Waals surface area contributed by atoms with Crippen molar-refractivity contribution in [1.29, 1.82) is 0 Å². The van der Waals surface area contributed by atoms with Crippen LogP contribution in [0.4, 0.5) is 0 Å². The van der Waals surface area contributed by atoms with Gasteiger partial charge < -0.3 is 0 Å². The molecule has 0 saturated carbocycles. The second-order valence-electron chi connectivity index (χ2n) is 6.68. The lowest BCUT2D eigenvalue weighted by atomic mass is 9.89. The van der Waals surface area contributed by atoms with Gasteiger partial charge in [-0.15, -0.1) is 0 Å². The van der Waals surface area contributed by atoms with Gasteiger partial charge in [0.05, 0.1) is 11.2 Å². The van der Waals surface area contributed by atoms with Gasteiger partial charge in [-0.1, -0.05) is 72.8 Å². The summed E-state index contributed by atoms with van der Waals surface area (Å²) in [5, 5.41) is 0.982. The van der Waals surface area contributed by atoms with Crippen molar-refractivity contribution in [2.45, 2.75) is 5.92 Å². The van der Waals surface area contributed by atoms with Crippen molar-refractivity contribution in [2.24, 2.45) is 0 Å². The van der Waals surface area contributed by atoms with Crippen molar-refractivity contribution in [3.05, 3.63) is 102 Å². The number of aromatic nitrogens is 1. The first kappa shape index (κ1) is 15.6. The van der Waals surface area contributed by atoms with Crippen LogP contribution in [0.25, 0.3) is 22.0 Å². The molecule has 0 bridgehead atoms. The lowest BCUT2D eigenvalue weighted by Gasteiger charge is -2.13. The molecule has 1 aromatic heterocycles. The molecule has 3 aromatic carbocycles. The van der Waals surface area contributed by atoms with E-state index >= 15 is 0 Å². The highest BCUT2D eigenvalue weighted by atomic mass is 16.2. The van der Waals surface area contributed by atoms with Crippen LogP contribution in [-0.4, -0.2) is 16.6 Å². The normalized spacial score (nSPS) is 13.9. The van der Waals surface area contributed by atoms with Gasteiger partial charge in [0.25, 0.3) is 0 Å². The number of benzene rings is 3. The van der Waals surface area contributed by atoms with Crippen LogP contribution < -0.4 is 0 Å². The van der Waals surface area contributed by atoms with Crippen LogP contribution in [-0.2, 0) is 0 Å². The zero-order valence-electron chi connectivity index (χ0n) is 14.4. The van der Waals surface area contributed by atoms with E-state index in [1.54, 1.807) is 18.2 Å². The highest BCUT2D eigenvalue weighted by Gasteiger charge is 2.36. The Bertz CT molecular complexity index is 1170. The molecule has 0 aliphatic heterocycles. The Morgan fingerprint density at radius 3 is 1.70 bits per heavy atom. The minimum Gasteiger partial charge on any atom is -0.293 e. The quantitative estimate of drug-likeness (QED) is 0.451. The Kier molecular flexibility index (Phi) is 3.47. The molecule has 1 aliphatic rings. The number of rotatable bonds is 1. The highest BCUT2D eigenvalue weighted by Crippen LogP contribution is 2.37. The minimum absolute atomic E-state index is 0.199. The summed E-state index contributed by atoms with van der Waals surface area (Å²) in [7, 11) is 0. The zero-order valence-corrected chi connectivity index (χ0v) is 14.4. The standard InChI is InChI=1S/C24H15NO2/c26-23-18-10-4-2-8-16(18)17-9-3-5-11-19(17)24(27)22(23)21-14-13-15-7-1-6-12-20(15)25-21/h1-14,22H. The lowest BCUT2D eigenvalue weighted by Crippen LogP contribution is -2.22. The Morgan fingerprint density at radius 2 is 1.07 bits per heavy atom. The van der Waals surface area contributed by atoms with Gasteiger partial charge >= 0.3 is 0 Å². The minimum atomic E-state index is -0.931. The monoisotopic (exact) mass is 349 g/mol. The van der Waals surface area contributed by atoms with E-state index in [9.17, 15) is 9.59 Å². The van der Waals surface area contributed by atoms with E-state index < -0.39 is 5.92 Å². The molecule has 3 nitrogen and oxygen atoms in total. The van der Waals surface area contributed by atoms with Gasteiger partial charge in [-0.25, -0.2) is 0 Å². The molecule has 1 aliphatic carbocycles. The van der Waals surface area contributed by atoms with E-state index in [2.05, 4.69) is 4.98 Å². The van der Waals surface area contributed by atoms with Crippen molar-refractivity contribution in [3.63, 3.8) is 0 Å². The smallest absolute Gasteiger partial charge is 0.180 e. The maximum Gasteiger partial charge on any atom is 0.180 e. The van der Waals surface area contributed by atoms with E-state index in [1.807, 2.05) is 66.7 Å². The fourth-order valence-electron chi connectivity index (χ4n) is 3.81. The first-order chi connectivity index (χ1) is 13.2. The molecule has 0 saturated heterocycles. The molecule has 0 radical (unpaired) electrons. The number of pyridine rings is 1. The molecule has 0 fully saturated rings. The number of nitrogens with zero attached hydrogens (tertiary/aromatic N) is 1. The molecule has 27 heavy (non-hydrogen) atoms. The van der Waals surface area contributed by atoms with E-state index in [1.165, 1.54) is 0 Å². The van der Waals surface area contributed by atoms with Crippen molar-refractivity contribution in [3.8, 4) is 11.1 Å². The summed E-state index contributed by atoms with van der Waals surface area (Å²) in [5.74, 6) is -1.33. The lowest BCUT2D eigenvalue weighted by molar-refractivity contribution is 0.0861. The summed E-state index contributed by atoms with van der Waals surface area (Å²) in [5.41, 5.74) is 4.01. The van der Waals surface area contributed by atoms with Crippen LogP contribution in [0.2, 0.25) is 0 Å². The van der Waals surface area contributed by atoms with Crippen LogP contribution in [0.15, 0.2) is 84.9 Å². The summed E-state index contributed by atoms with van der Waals surface area (Å²) in [6, 6.07) is 26.2. The maximum atomic E-state index is 13.4. The summed E-state index contributed by atoms with van der Waals surface area (Å²) in [6.45, 7) is 0. The average Bonchev–Trinajstić information content (AvgIpc) is 2.82. The molecule has 3 heteroatoms. The van der Waals surface area contributed by atoms with Crippen LogP contribution >= 0.6 is 0 Å². The molecule has 4 aromatic rings. The molecule has 0 spiro atoms. The number of carbonyl (C=O) groups is 2. The fraction of sp³-hybridized carbons (Fsp3) is 0.0417. The summed E-state index contributed by atoms with van der Waals surface area (Å²) in [4.78, 5) is 31.4. The Labute approximate surface area is 156 Å². The second-order valence-corrected chi connectivity index (χ2v) is 6.68. The van der Waals surface area contributed by atoms with Gasteiger partial charge in [-0.05, 0) is 23.3 Å². The van der Waals surface area contributed by atoms with Crippen molar-refractivity contribution >= 4 is 22.5 Å². The predicted octanol–water partition coefficient (Wildman–Crippen LogP) is 5.06. The summed E-state index contributed by atoms with van der Waals surface area (Å²) < 4.78 is 0. The van der Waals surface area contributed by atoms with Gasteiger partial charge in [0, 0.05) is 16.5 Å². The fourth-order valence-corrected chi connectivity index (χ4v) is 3.81. The topological polar surface area (TPSA) is 47.0 Å². The molecule has 1 heterocycles. The van der Waals surface area contributed by atoms with Gasteiger partial charge in [-0.3, -0.25) is 14.6 Å². The van der Waals surface area contributed by atoms with Crippen LogP contribution in [0.3, 0.4) is 0 Å². The number of fused-ring (bicyclic) bond motifs is 4. The molecule has 0 unspecified atom stereocenters. The third kappa shape index (κ3) is 2.40. The average molecular weight is 349 g/mol. The molecule has 5 rings (SSSR count). The third-order valence-electron chi connectivity index (χ3n) is 5.12. The maximum absolute atomic E-state index is 13.4. The third-order valence-corrected chi connectivity index (χ3v) is 5.12. The predicted molar refractivity (Wildman–Crippen MR) is 105 cm³/mol. The van der Waals surface area contributed by atoms with Gasteiger partial charge in [0.1, 0.15) is 5.92 Å². The highest BCUT2D eigenvalue weighted by molar-refractivity contribution is 6.25. The first-order valence-electron chi connectivity index (χ1n) is 8.86. The van der Waals surface area contributed by atoms with Gasteiger partial charge in [0.15, 0.2) is 11.6 Å². The Hall–Kier alpha value is -3.59. The number of ketones is 2. The number of hydrogen-bond acceptors (Lipinski definition) is 3. The second kappa shape index (κ2) is 5.99. The molecule has 0 atom stereocenters. The zero-order chi connectivity index (χ0) is 18.4. The molecule has 0 amide bonds. The number of hydrogen-bond donors (Lipinski definition) is 0. The van der Waals surface area contributed by atoms with E-state index in [4.69, 9.17) is 0 Å². The summed E-state index contributed by atoms with van der Waals surface area (Å²) in [6.07, 6.45) is 0. The van der Waals surface area contributed by atoms with Gasteiger partial charge in [0.2, 0.25) is 0 Å². The van der Waals surface area contributed by atoms with E-state index in [-0.39, 0.29) is 11.6 Å². The van der Waals surface area contributed by atoms with Gasteiger partial charge in [-0.2, -0.15) is 0 Å². The Balaban J connectivity index is 1.77. The van der Waals surface area contributed by atoms with Crippen molar-refractivity contribution in [2.75, 3.05) is 0 Å². The molecular weight excluding hydrogens is 334 g/mol. The Morgan fingerprint density at radius 1 is 0.556 bits per heavy atom.